The van der Waals surface area contributed by atoms with Crippen LogP contribution < -0.4 is 5.56 Å². The fourth-order valence-electron chi connectivity index (χ4n) is 3.33. The van der Waals surface area contributed by atoms with Crippen LogP contribution in [0.15, 0.2) is 53.3 Å². The smallest absolute Gasteiger partial charge is 0.258 e. The van der Waals surface area contributed by atoms with Gasteiger partial charge in [0.25, 0.3) is 11.5 Å². The third-order valence-corrected chi connectivity index (χ3v) is 4.77. The zero-order valence-electron chi connectivity index (χ0n) is 14.7. The van der Waals surface area contributed by atoms with Gasteiger partial charge in [-0.1, -0.05) is 18.2 Å². The van der Waals surface area contributed by atoms with Gasteiger partial charge in [-0.2, -0.15) is 0 Å². The summed E-state index contributed by atoms with van der Waals surface area (Å²) in [6.45, 7) is 2.94. The van der Waals surface area contributed by atoms with E-state index >= 15 is 0 Å². The van der Waals surface area contributed by atoms with Crippen LogP contribution in [0.2, 0.25) is 0 Å². The molecule has 138 valence electrons. The van der Waals surface area contributed by atoms with Crippen molar-refractivity contribution in [1.29, 1.82) is 0 Å². The quantitative estimate of drug-likeness (QED) is 0.770. The first-order valence-corrected chi connectivity index (χ1v) is 8.85. The lowest BCUT2D eigenvalue weighted by atomic mass is 10.1. The lowest BCUT2D eigenvalue weighted by Crippen LogP contribution is -2.48. The number of benzene rings is 2. The second-order valence-corrected chi connectivity index (χ2v) is 6.61. The molecule has 1 N–H and O–H groups in total. The van der Waals surface area contributed by atoms with E-state index in [1.54, 1.807) is 23.1 Å². The molecule has 2 heterocycles. The Balaban J connectivity index is 1.41. The molecule has 0 unspecified atom stereocenters. The molecule has 0 saturated carbocycles. The van der Waals surface area contributed by atoms with Crippen molar-refractivity contribution in [2.45, 2.75) is 6.54 Å². The first kappa shape index (κ1) is 17.4. The van der Waals surface area contributed by atoms with Crippen molar-refractivity contribution in [2.24, 2.45) is 0 Å². The summed E-state index contributed by atoms with van der Waals surface area (Å²) in [6, 6.07) is 13.0. The van der Waals surface area contributed by atoms with E-state index in [2.05, 4.69) is 14.9 Å². The molecule has 3 aromatic rings. The number of hydrogen-bond acceptors (Lipinski definition) is 4. The molecule has 1 aliphatic heterocycles. The van der Waals surface area contributed by atoms with Crippen molar-refractivity contribution in [3.05, 3.63) is 76.1 Å². The molecule has 0 atom stereocenters. The first-order valence-electron chi connectivity index (χ1n) is 8.85. The molecule has 0 radical (unpaired) electrons. The van der Waals surface area contributed by atoms with E-state index in [0.717, 1.165) is 0 Å². The lowest BCUT2D eigenvalue weighted by Gasteiger charge is -2.34. The number of aromatic amines is 1. The number of nitrogens with one attached hydrogen (secondary N) is 1. The number of carbonyl (C=O) groups excluding carboxylic acids is 1. The monoisotopic (exact) mass is 366 g/mol. The zero-order valence-corrected chi connectivity index (χ0v) is 14.7. The molecule has 7 heteroatoms. The van der Waals surface area contributed by atoms with E-state index in [0.29, 0.717) is 55.0 Å². The fraction of sp³-hybridized carbons (Fsp3) is 0.250. The minimum absolute atomic E-state index is 0.143. The highest BCUT2D eigenvalue weighted by atomic mass is 19.1. The van der Waals surface area contributed by atoms with E-state index in [4.69, 9.17) is 0 Å². The van der Waals surface area contributed by atoms with Crippen LogP contribution in [-0.2, 0) is 6.54 Å². The maximum absolute atomic E-state index is 13.3. The number of para-hydroxylation sites is 1. The molecule has 1 fully saturated rings. The van der Waals surface area contributed by atoms with Gasteiger partial charge >= 0.3 is 0 Å². The van der Waals surface area contributed by atoms with Crippen LogP contribution in [-0.4, -0.2) is 51.9 Å². The van der Waals surface area contributed by atoms with Crippen LogP contribution in [0.3, 0.4) is 0 Å². The SMILES string of the molecule is O=C(c1cccc(F)c1)N1CCN(Cc2nc3ccccc3c(=O)[nH]2)CC1. The molecule has 0 spiro atoms. The van der Waals surface area contributed by atoms with Crippen LogP contribution in [0.25, 0.3) is 10.9 Å². The second-order valence-electron chi connectivity index (χ2n) is 6.61. The largest absolute Gasteiger partial charge is 0.336 e. The molecule has 6 nitrogen and oxygen atoms in total. The van der Waals surface area contributed by atoms with Crippen molar-refractivity contribution in [2.75, 3.05) is 26.2 Å². The van der Waals surface area contributed by atoms with Gasteiger partial charge in [0.2, 0.25) is 0 Å². The average molecular weight is 366 g/mol. The van der Waals surface area contributed by atoms with Crippen molar-refractivity contribution in [3.63, 3.8) is 0 Å². The fourth-order valence-corrected chi connectivity index (χ4v) is 3.33. The summed E-state index contributed by atoms with van der Waals surface area (Å²) in [4.78, 5) is 35.9. The molecule has 27 heavy (non-hydrogen) atoms. The van der Waals surface area contributed by atoms with Crippen molar-refractivity contribution in [3.8, 4) is 0 Å². The minimum atomic E-state index is -0.411. The molecule has 1 aromatic heterocycles. The molecule has 0 bridgehead atoms. The van der Waals surface area contributed by atoms with Gasteiger partial charge in [-0.15, -0.1) is 0 Å². The Morgan fingerprint density at radius 2 is 1.85 bits per heavy atom. The maximum atomic E-state index is 13.3. The summed E-state index contributed by atoms with van der Waals surface area (Å²) >= 11 is 0. The Morgan fingerprint density at radius 1 is 1.07 bits per heavy atom. The maximum Gasteiger partial charge on any atom is 0.258 e. The number of amides is 1. The van der Waals surface area contributed by atoms with E-state index in [1.165, 1.54) is 12.1 Å². The molecule has 4 rings (SSSR count). The van der Waals surface area contributed by atoms with E-state index in [1.807, 2.05) is 18.2 Å². The van der Waals surface area contributed by atoms with Crippen LogP contribution in [0.1, 0.15) is 16.2 Å². The number of fused-ring (bicyclic) bond motifs is 1. The summed E-state index contributed by atoms with van der Waals surface area (Å²) in [7, 11) is 0. The number of rotatable bonds is 3. The molecular formula is C20H19FN4O2. The predicted molar refractivity (Wildman–Crippen MR) is 99.9 cm³/mol. The number of hydrogen-bond donors (Lipinski definition) is 1. The lowest BCUT2D eigenvalue weighted by molar-refractivity contribution is 0.0625. The summed E-state index contributed by atoms with van der Waals surface area (Å²) in [5.74, 6) is 0.0424. The van der Waals surface area contributed by atoms with Crippen molar-refractivity contribution < 1.29 is 9.18 Å². The average Bonchev–Trinajstić information content (AvgIpc) is 2.68. The molecular weight excluding hydrogens is 347 g/mol. The van der Waals surface area contributed by atoms with E-state index in [9.17, 15) is 14.0 Å². The van der Waals surface area contributed by atoms with Gasteiger partial charge < -0.3 is 9.88 Å². The summed E-state index contributed by atoms with van der Waals surface area (Å²) < 4.78 is 13.3. The highest BCUT2D eigenvalue weighted by molar-refractivity contribution is 5.94. The van der Waals surface area contributed by atoms with Gasteiger partial charge in [0.05, 0.1) is 17.4 Å². The highest BCUT2D eigenvalue weighted by Gasteiger charge is 2.23. The minimum Gasteiger partial charge on any atom is -0.336 e. The van der Waals surface area contributed by atoms with Gasteiger partial charge in [0.1, 0.15) is 11.6 Å². The number of piperazine rings is 1. The Morgan fingerprint density at radius 3 is 2.63 bits per heavy atom. The Kier molecular flexibility index (Phi) is 4.68. The molecule has 0 aliphatic carbocycles. The second kappa shape index (κ2) is 7.28. The normalized spacial score (nSPS) is 15.2. The van der Waals surface area contributed by atoms with Gasteiger partial charge in [-0.3, -0.25) is 14.5 Å². The van der Waals surface area contributed by atoms with Gasteiger partial charge in [0, 0.05) is 31.7 Å². The Labute approximate surface area is 155 Å². The molecule has 2 aromatic carbocycles. The van der Waals surface area contributed by atoms with Gasteiger partial charge in [0.15, 0.2) is 0 Å². The number of carbonyl (C=O) groups is 1. The summed E-state index contributed by atoms with van der Waals surface area (Å²) in [5, 5.41) is 0.576. The van der Waals surface area contributed by atoms with Crippen LogP contribution in [0, 0.1) is 5.82 Å². The van der Waals surface area contributed by atoms with Crippen molar-refractivity contribution >= 4 is 16.8 Å². The highest BCUT2D eigenvalue weighted by Crippen LogP contribution is 2.12. The van der Waals surface area contributed by atoms with Crippen molar-refractivity contribution in [1.82, 2.24) is 19.8 Å². The zero-order chi connectivity index (χ0) is 18.8. The topological polar surface area (TPSA) is 69.3 Å². The standard InChI is InChI=1S/C20H19FN4O2/c21-15-5-3-4-14(12-15)20(27)25-10-8-24(9-11-25)13-18-22-17-7-2-1-6-16(17)19(26)23-18/h1-7,12H,8-11,13H2,(H,22,23,26). The van der Waals surface area contributed by atoms with Crippen LogP contribution in [0.5, 0.6) is 0 Å². The summed E-state index contributed by atoms with van der Waals surface area (Å²) in [6.07, 6.45) is 0. The Hall–Kier alpha value is -3.06. The number of aromatic nitrogens is 2. The van der Waals surface area contributed by atoms with Crippen LogP contribution >= 0.6 is 0 Å². The number of H-pyrrole nitrogens is 1. The number of halogens is 1. The molecule has 1 aliphatic rings. The molecule has 1 saturated heterocycles. The first-order chi connectivity index (χ1) is 13.1. The van der Waals surface area contributed by atoms with E-state index in [-0.39, 0.29) is 11.5 Å². The summed E-state index contributed by atoms with van der Waals surface area (Å²) in [5.41, 5.74) is 0.899. The van der Waals surface area contributed by atoms with Gasteiger partial charge in [-0.05, 0) is 30.3 Å². The molecule has 1 amide bonds. The van der Waals surface area contributed by atoms with Gasteiger partial charge in [-0.25, -0.2) is 9.37 Å². The Bertz CT molecular complexity index is 1040. The number of nitrogens with zero attached hydrogens (tertiary/aromatic N) is 3. The van der Waals surface area contributed by atoms with Crippen LogP contribution in [0.4, 0.5) is 4.39 Å². The predicted octanol–water partition coefficient (Wildman–Crippen LogP) is 2.02. The third kappa shape index (κ3) is 3.73. The van der Waals surface area contributed by atoms with E-state index < -0.39 is 5.82 Å². The third-order valence-electron chi connectivity index (χ3n) is 4.77.